The van der Waals surface area contributed by atoms with Crippen LogP contribution in [0, 0.1) is 0 Å². The third kappa shape index (κ3) is 6.27. The predicted octanol–water partition coefficient (Wildman–Crippen LogP) is 2.03. The predicted molar refractivity (Wildman–Crippen MR) is 122 cm³/mol. The van der Waals surface area contributed by atoms with Crippen LogP contribution < -0.4 is 15.4 Å². The molecule has 0 bridgehead atoms. The fraction of sp³-hybridized carbons (Fsp3) is 0.304. The number of hydrogen-bond donors (Lipinski definition) is 2. The van der Waals surface area contributed by atoms with E-state index in [1.54, 1.807) is 29.2 Å². The summed E-state index contributed by atoms with van der Waals surface area (Å²) in [7, 11) is 0. The van der Waals surface area contributed by atoms with Crippen LogP contribution in [-0.2, 0) is 20.9 Å². The third-order valence-electron chi connectivity index (χ3n) is 4.82. The van der Waals surface area contributed by atoms with Crippen LogP contribution in [0.15, 0.2) is 54.6 Å². The summed E-state index contributed by atoms with van der Waals surface area (Å²) in [6.07, 6.45) is -0.186. The van der Waals surface area contributed by atoms with Gasteiger partial charge in [-0.15, -0.1) is 0 Å². The lowest BCUT2D eigenvalue weighted by Crippen LogP contribution is -2.60. The zero-order valence-corrected chi connectivity index (χ0v) is 18.5. The molecule has 9 heteroatoms. The first-order valence-electron chi connectivity index (χ1n) is 10.3. The van der Waals surface area contributed by atoms with E-state index < -0.39 is 17.9 Å². The minimum atomic E-state index is -0.866. The van der Waals surface area contributed by atoms with E-state index in [1.165, 1.54) is 0 Å². The Bertz CT molecular complexity index is 983. The topological polar surface area (TPSA) is 97.0 Å². The number of nitrogens with zero attached hydrogens (tertiary/aromatic N) is 1. The Morgan fingerprint density at radius 3 is 2.72 bits per heavy atom. The molecule has 1 heterocycles. The van der Waals surface area contributed by atoms with E-state index in [0.29, 0.717) is 31.0 Å². The van der Waals surface area contributed by atoms with Crippen molar-refractivity contribution in [3.05, 3.63) is 65.7 Å². The van der Waals surface area contributed by atoms with Gasteiger partial charge in [-0.1, -0.05) is 36.4 Å². The number of rotatable bonds is 7. The molecule has 32 heavy (non-hydrogen) atoms. The molecule has 0 aliphatic carbocycles. The van der Waals surface area contributed by atoms with Gasteiger partial charge < -0.3 is 19.7 Å². The van der Waals surface area contributed by atoms with Crippen molar-refractivity contribution in [3.63, 3.8) is 0 Å². The number of thiocarbonyl (C=S) groups is 1. The average molecular weight is 456 g/mol. The molecule has 1 unspecified atom stereocenters. The van der Waals surface area contributed by atoms with Crippen molar-refractivity contribution >= 4 is 35.1 Å². The molecule has 3 rings (SSSR count). The standard InChI is InChI=1S/C23H25N3O5S/c1-2-30-18-10-6-9-17(13-18)21(28)25-23(32)26-12-11-24-22(29)19(26)14-20(27)31-15-16-7-4-3-5-8-16/h3-10,13,19H,2,11-12,14-15H2,1H3,(H,24,29)(H,25,28,32). The number of piperazine rings is 1. The summed E-state index contributed by atoms with van der Waals surface area (Å²) < 4.78 is 10.7. The van der Waals surface area contributed by atoms with Gasteiger partial charge >= 0.3 is 5.97 Å². The normalized spacial score (nSPS) is 15.5. The lowest BCUT2D eigenvalue weighted by molar-refractivity contribution is -0.148. The molecule has 1 atom stereocenters. The van der Waals surface area contributed by atoms with Gasteiger partial charge in [0.1, 0.15) is 18.4 Å². The summed E-state index contributed by atoms with van der Waals surface area (Å²) in [6.45, 7) is 3.17. The smallest absolute Gasteiger partial charge is 0.308 e. The minimum absolute atomic E-state index is 0.0764. The molecule has 2 aromatic carbocycles. The van der Waals surface area contributed by atoms with Crippen molar-refractivity contribution < 1.29 is 23.9 Å². The molecule has 2 amide bonds. The van der Waals surface area contributed by atoms with Crippen molar-refractivity contribution in [2.45, 2.75) is 26.0 Å². The fourth-order valence-corrected chi connectivity index (χ4v) is 3.56. The second-order valence-electron chi connectivity index (χ2n) is 7.07. The van der Waals surface area contributed by atoms with Crippen LogP contribution in [0.25, 0.3) is 0 Å². The molecule has 0 spiro atoms. The Morgan fingerprint density at radius 2 is 1.97 bits per heavy atom. The molecule has 1 fully saturated rings. The fourth-order valence-electron chi connectivity index (χ4n) is 3.25. The van der Waals surface area contributed by atoms with Gasteiger partial charge in [-0.3, -0.25) is 19.7 Å². The lowest BCUT2D eigenvalue weighted by atomic mass is 10.1. The van der Waals surface area contributed by atoms with E-state index in [0.717, 1.165) is 5.56 Å². The largest absolute Gasteiger partial charge is 0.494 e. The van der Waals surface area contributed by atoms with Crippen LogP contribution in [0.5, 0.6) is 5.75 Å². The Morgan fingerprint density at radius 1 is 1.19 bits per heavy atom. The highest BCUT2D eigenvalue weighted by Crippen LogP contribution is 2.15. The molecule has 1 aliphatic heterocycles. The second-order valence-corrected chi connectivity index (χ2v) is 7.46. The highest BCUT2D eigenvalue weighted by atomic mass is 32.1. The molecule has 0 radical (unpaired) electrons. The van der Waals surface area contributed by atoms with Gasteiger partial charge in [-0.2, -0.15) is 0 Å². The minimum Gasteiger partial charge on any atom is -0.494 e. The van der Waals surface area contributed by atoms with E-state index >= 15 is 0 Å². The van der Waals surface area contributed by atoms with Gasteiger partial charge in [0.2, 0.25) is 5.91 Å². The van der Waals surface area contributed by atoms with Crippen LogP contribution in [0.4, 0.5) is 0 Å². The second kappa shape index (κ2) is 11.2. The van der Waals surface area contributed by atoms with Gasteiger partial charge in [0, 0.05) is 18.7 Å². The van der Waals surface area contributed by atoms with Crippen molar-refractivity contribution in [1.82, 2.24) is 15.5 Å². The molecule has 2 aromatic rings. The zero-order valence-electron chi connectivity index (χ0n) is 17.7. The summed E-state index contributed by atoms with van der Waals surface area (Å²) in [5.41, 5.74) is 1.22. The molecule has 2 N–H and O–H groups in total. The summed E-state index contributed by atoms with van der Waals surface area (Å²) in [6, 6.07) is 15.1. The molecule has 1 saturated heterocycles. The number of carbonyl (C=O) groups is 3. The highest BCUT2D eigenvalue weighted by Gasteiger charge is 2.34. The number of hydrogen-bond acceptors (Lipinski definition) is 6. The first-order valence-corrected chi connectivity index (χ1v) is 10.7. The zero-order chi connectivity index (χ0) is 22.9. The van der Waals surface area contributed by atoms with E-state index in [4.69, 9.17) is 21.7 Å². The molecule has 168 valence electrons. The Kier molecular flexibility index (Phi) is 8.15. The Labute approximate surface area is 191 Å². The first-order chi connectivity index (χ1) is 15.5. The number of esters is 1. The summed E-state index contributed by atoms with van der Waals surface area (Å²) in [5.74, 6) is -0.724. The van der Waals surface area contributed by atoms with E-state index in [9.17, 15) is 14.4 Å². The Hall–Kier alpha value is -3.46. The molecular weight excluding hydrogens is 430 g/mol. The molecule has 8 nitrogen and oxygen atoms in total. The maximum atomic E-state index is 12.7. The van der Waals surface area contributed by atoms with Crippen LogP contribution in [-0.4, -0.2) is 53.5 Å². The van der Waals surface area contributed by atoms with Crippen LogP contribution in [0.1, 0.15) is 29.3 Å². The van der Waals surface area contributed by atoms with Crippen LogP contribution in [0.2, 0.25) is 0 Å². The third-order valence-corrected chi connectivity index (χ3v) is 5.16. The van der Waals surface area contributed by atoms with Gasteiger partial charge in [0.15, 0.2) is 5.11 Å². The monoisotopic (exact) mass is 455 g/mol. The van der Waals surface area contributed by atoms with Crippen molar-refractivity contribution in [2.75, 3.05) is 19.7 Å². The van der Waals surface area contributed by atoms with Gasteiger partial charge in [0.05, 0.1) is 13.0 Å². The Balaban J connectivity index is 1.61. The summed E-state index contributed by atoms with van der Waals surface area (Å²) in [5, 5.41) is 5.45. The molecule has 1 aliphatic rings. The number of ether oxygens (including phenoxy) is 2. The SMILES string of the molecule is CCOc1cccc(C(=O)NC(=S)N2CCNC(=O)C2CC(=O)OCc2ccccc2)c1. The van der Waals surface area contributed by atoms with Gasteiger partial charge in [-0.05, 0) is 42.9 Å². The van der Waals surface area contributed by atoms with E-state index in [1.807, 2.05) is 37.3 Å². The average Bonchev–Trinajstić information content (AvgIpc) is 2.80. The van der Waals surface area contributed by atoms with Crippen LogP contribution in [0.3, 0.4) is 0 Å². The highest BCUT2D eigenvalue weighted by molar-refractivity contribution is 7.80. The van der Waals surface area contributed by atoms with Crippen molar-refractivity contribution in [3.8, 4) is 5.75 Å². The lowest BCUT2D eigenvalue weighted by Gasteiger charge is -2.36. The molecule has 0 aromatic heterocycles. The summed E-state index contributed by atoms with van der Waals surface area (Å²) >= 11 is 5.39. The maximum Gasteiger partial charge on any atom is 0.308 e. The number of benzene rings is 2. The molecular formula is C23H25N3O5S. The van der Waals surface area contributed by atoms with Crippen molar-refractivity contribution in [2.24, 2.45) is 0 Å². The summed E-state index contributed by atoms with van der Waals surface area (Å²) in [4.78, 5) is 39.0. The van der Waals surface area contributed by atoms with Crippen LogP contribution >= 0.6 is 12.2 Å². The number of amides is 2. The van der Waals surface area contributed by atoms with Gasteiger partial charge in [-0.25, -0.2) is 0 Å². The number of carbonyl (C=O) groups excluding carboxylic acids is 3. The quantitative estimate of drug-likeness (QED) is 0.487. The maximum absolute atomic E-state index is 12.7. The van der Waals surface area contributed by atoms with Crippen molar-refractivity contribution in [1.29, 1.82) is 0 Å². The van der Waals surface area contributed by atoms with E-state index in [-0.39, 0.29) is 24.0 Å². The van der Waals surface area contributed by atoms with Gasteiger partial charge in [0.25, 0.3) is 5.91 Å². The first kappa shape index (κ1) is 23.2. The molecule has 0 saturated carbocycles. The number of nitrogens with one attached hydrogen (secondary N) is 2. The van der Waals surface area contributed by atoms with E-state index in [2.05, 4.69) is 10.6 Å².